The monoisotopic (exact) mass is 241 g/mol. The van der Waals surface area contributed by atoms with Crippen molar-refractivity contribution in [1.29, 1.82) is 0 Å². The second kappa shape index (κ2) is 5.45. The Bertz CT molecular complexity index is 537. The molecule has 92 valence electrons. The number of carboxylic acids is 1. The van der Waals surface area contributed by atoms with Crippen molar-refractivity contribution in [3.8, 4) is 11.1 Å². The molecule has 2 rings (SSSR count). The predicted molar refractivity (Wildman–Crippen MR) is 70.2 cm³/mol. The molecule has 0 bridgehead atoms. The van der Waals surface area contributed by atoms with E-state index < -0.39 is 11.9 Å². The molecule has 0 amide bonds. The minimum absolute atomic E-state index is 0.406. The van der Waals surface area contributed by atoms with Gasteiger partial charge < -0.3 is 5.11 Å². The van der Waals surface area contributed by atoms with Crippen molar-refractivity contribution in [2.45, 2.75) is 13.3 Å². The molecular formula is C15H15NO2. The molecular weight excluding hydrogens is 226 g/mol. The van der Waals surface area contributed by atoms with E-state index in [1.807, 2.05) is 36.4 Å². The lowest BCUT2D eigenvalue weighted by atomic mass is 9.95. The van der Waals surface area contributed by atoms with Crippen molar-refractivity contribution in [3.63, 3.8) is 0 Å². The third kappa shape index (κ3) is 2.74. The molecule has 2 aromatic rings. The number of rotatable bonds is 4. The number of hydrogen-bond donors (Lipinski definition) is 1. The molecule has 1 atom stereocenters. The number of nitrogens with zero attached hydrogens (tertiary/aromatic N) is 1. The number of aromatic nitrogens is 1. The lowest BCUT2D eigenvalue weighted by Gasteiger charge is -2.11. The summed E-state index contributed by atoms with van der Waals surface area (Å²) in [4.78, 5) is 15.0. The van der Waals surface area contributed by atoms with E-state index in [-0.39, 0.29) is 0 Å². The molecule has 0 saturated heterocycles. The summed E-state index contributed by atoms with van der Waals surface area (Å²) < 4.78 is 0. The van der Waals surface area contributed by atoms with Crippen molar-refractivity contribution in [1.82, 2.24) is 4.98 Å². The first kappa shape index (κ1) is 12.3. The zero-order valence-electron chi connectivity index (χ0n) is 10.2. The molecule has 0 aliphatic carbocycles. The van der Waals surface area contributed by atoms with Crippen LogP contribution in [0.2, 0.25) is 0 Å². The van der Waals surface area contributed by atoms with Crippen LogP contribution >= 0.6 is 0 Å². The first-order valence-electron chi connectivity index (χ1n) is 5.89. The van der Waals surface area contributed by atoms with Crippen LogP contribution in [0.1, 0.15) is 12.5 Å². The van der Waals surface area contributed by atoms with Gasteiger partial charge in [-0.1, -0.05) is 37.3 Å². The fraction of sp³-hybridized carbons (Fsp3) is 0.200. The van der Waals surface area contributed by atoms with Crippen LogP contribution in [0, 0.1) is 5.92 Å². The normalized spacial score (nSPS) is 12.1. The van der Waals surface area contributed by atoms with Crippen LogP contribution in [-0.2, 0) is 11.2 Å². The number of carbonyl (C=O) groups is 1. The molecule has 1 aromatic heterocycles. The molecule has 3 nitrogen and oxygen atoms in total. The SMILES string of the molecule is CC(Cc1cnccc1-c1ccccc1)C(=O)O. The topological polar surface area (TPSA) is 50.2 Å². The highest BCUT2D eigenvalue weighted by atomic mass is 16.4. The fourth-order valence-corrected chi connectivity index (χ4v) is 1.91. The van der Waals surface area contributed by atoms with Crippen molar-refractivity contribution < 1.29 is 9.90 Å². The number of carboxylic acid groups (broad SMARTS) is 1. The molecule has 0 spiro atoms. The molecule has 0 aliphatic heterocycles. The maximum absolute atomic E-state index is 10.9. The lowest BCUT2D eigenvalue weighted by molar-refractivity contribution is -0.141. The van der Waals surface area contributed by atoms with Crippen molar-refractivity contribution in [2.24, 2.45) is 5.92 Å². The summed E-state index contributed by atoms with van der Waals surface area (Å²) in [6, 6.07) is 11.9. The third-order valence-electron chi connectivity index (χ3n) is 2.94. The minimum Gasteiger partial charge on any atom is -0.481 e. The Balaban J connectivity index is 2.35. The molecule has 0 saturated carbocycles. The van der Waals surface area contributed by atoms with Crippen molar-refractivity contribution in [2.75, 3.05) is 0 Å². The van der Waals surface area contributed by atoms with E-state index in [9.17, 15) is 4.79 Å². The van der Waals surface area contributed by atoms with Gasteiger partial charge in [0.15, 0.2) is 0 Å². The van der Waals surface area contributed by atoms with Crippen molar-refractivity contribution >= 4 is 5.97 Å². The van der Waals surface area contributed by atoms with Gasteiger partial charge in [-0.15, -0.1) is 0 Å². The lowest BCUT2D eigenvalue weighted by Crippen LogP contribution is -2.12. The van der Waals surface area contributed by atoms with Crippen LogP contribution in [0.25, 0.3) is 11.1 Å². The van der Waals surface area contributed by atoms with Gasteiger partial charge >= 0.3 is 5.97 Å². The number of hydrogen-bond acceptors (Lipinski definition) is 2. The number of pyridine rings is 1. The second-order valence-corrected chi connectivity index (χ2v) is 4.34. The fourth-order valence-electron chi connectivity index (χ4n) is 1.91. The van der Waals surface area contributed by atoms with Gasteiger partial charge in [0.2, 0.25) is 0 Å². The molecule has 1 heterocycles. The summed E-state index contributed by atoms with van der Waals surface area (Å²) in [5.74, 6) is -1.19. The van der Waals surface area contributed by atoms with Crippen LogP contribution < -0.4 is 0 Å². The van der Waals surface area contributed by atoms with E-state index >= 15 is 0 Å². The summed E-state index contributed by atoms with van der Waals surface area (Å²) in [6.07, 6.45) is 3.98. The van der Waals surface area contributed by atoms with Gasteiger partial charge in [0.25, 0.3) is 0 Å². The first-order valence-corrected chi connectivity index (χ1v) is 5.89. The average Bonchev–Trinajstić information content (AvgIpc) is 2.40. The Labute approximate surface area is 106 Å². The van der Waals surface area contributed by atoms with Gasteiger partial charge in [-0.05, 0) is 29.2 Å². The Morgan fingerprint density at radius 2 is 2.00 bits per heavy atom. The highest BCUT2D eigenvalue weighted by molar-refractivity contribution is 5.72. The van der Waals surface area contributed by atoms with E-state index in [2.05, 4.69) is 4.98 Å². The van der Waals surface area contributed by atoms with Crippen LogP contribution in [-0.4, -0.2) is 16.1 Å². The van der Waals surface area contributed by atoms with Crippen LogP contribution in [0.5, 0.6) is 0 Å². The summed E-state index contributed by atoms with van der Waals surface area (Å²) in [5, 5.41) is 8.98. The Kier molecular flexibility index (Phi) is 3.72. The largest absolute Gasteiger partial charge is 0.481 e. The molecule has 1 aromatic carbocycles. The van der Waals surface area contributed by atoms with Crippen LogP contribution in [0.3, 0.4) is 0 Å². The highest BCUT2D eigenvalue weighted by Crippen LogP contribution is 2.24. The predicted octanol–water partition coefficient (Wildman–Crippen LogP) is 3.01. The zero-order chi connectivity index (χ0) is 13.0. The van der Waals surface area contributed by atoms with E-state index in [0.717, 1.165) is 16.7 Å². The standard InChI is InChI=1S/C15H15NO2/c1-11(15(17)18)9-13-10-16-8-7-14(13)12-5-3-2-4-6-12/h2-8,10-11H,9H2,1H3,(H,17,18). The summed E-state index contributed by atoms with van der Waals surface area (Å²) in [6.45, 7) is 1.71. The Morgan fingerprint density at radius 3 is 2.67 bits per heavy atom. The van der Waals surface area contributed by atoms with Gasteiger partial charge in [0, 0.05) is 12.4 Å². The summed E-state index contributed by atoms with van der Waals surface area (Å²) in [7, 11) is 0. The van der Waals surface area contributed by atoms with Gasteiger partial charge in [0.1, 0.15) is 0 Å². The van der Waals surface area contributed by atoms with E-state index in [1.54, 1.807) is 19.3 Å². The zero-order valence-corrected chi connectivity index (χ0v) is 10.2. The van der Waals surface area contributed by atoms with Gasteiger partial charge in [0.05, 0.1) is 5.92 Å². The maximum Gasteiger partial charge on any atom is 0.306 e. The van der Waals surface area contributed by atoms with Gasteiger partial charge in [-0.3, -0.25) is 9.78 Å². The Morgan fingerprint density at radius 1 is 1.28 bits per heavy atom. The molecule has 1 N–H and O–H groups in total. The van der Waals surface area contributed by atoms with Gasteiger partial charge in [-0.2, -0.15) is 0 Å². The molecule has 3 heteroatoms. The van der Waals surface area contributed by atoms with E-state index in [4.69, 9.17) is 5.11 Å². The average molecular weight is 241 g/mol. The first-order chi connectivity index (χ1) is 8.68. The van der Waals surface area contributed by atoms with Crippen LogP contribution in [0.4, 0.5) is 0 Å². The Hall–Kier alpha value is -2.16. The van der Waals surface area contributed by atoms with Crippen LogP contribution in [0.15, 0.2) is 48.8 Å². The number of aliphatic carboxylic acids is 1. The molecule has 1 unspecified atom stereocenters. The maximum atomic E-state index is 10.9. The molecule has 0 aliphatic rings. The van der Waals surface area contributed by atoms with E-state index in [0.29, 0.717) is 6.42 Å². The molecule has 0 fully saturated rings. The second-order valence-electron chi connectivity index (χ2n) is 4.34. The molecule has 18 heavy (non-hydrogen) atoms. The third-order valence-corrected chi connectivity index (χ3v) is 2.94. The number of benzene rings is 1. The smallest absolute Gasteiger partial charge is 0.306 e. The van der Waals surface area contributed by atoms with Crippen molar-refractivity contribution in [3.05, 3.63) is 54.4 Å². The summed E-state index contributed by atoms with van der Waals surface area (Å²) in [5.41, 5.74) is 3.12. The summed E-state index contributed by atoms with van der Waals surface area (Å²) >= 11 is 0. The molecule has 0 radical (unpaired) electrons. The minimum atomic E-state index is -0.780. The quantitative estimate of drug-likeness (QED) is 0.895. The highest BCUT2D eigenvalue weighted by Gasteiger charge is 2.14. The van der Waals surface area contributed by atoms with E-state index in [1.165, 1.54) is 0 Å². The van der Waals surface area contributed by atoms with Gasteiger partial charge in [-0.25, -0.2) is 0 Å².